The summed E-state index contributed by atoms with van der Waals surface area (Å²) < 4.78 is 111. The van der Waals surface area contributed by atoms with Gasteiger partial charge in [0, 0.05) is 95.6 Å². The van der Waals surface area contributed by atoms with E-state index in [2.05, 4.69) is 35.6 Å². The average Bonchev–Trinajstić information content (AvgIpc) is 1.57. The molecule has 0 radical (unpaired) electrons. The highest BCUT2D eigenvalue weighted by atomic mass is 127. The summed E-state index contributed by atoms with van der Waals surface area (Å²) in [6.07, 6.45) is 1.67. The zero-order valence-electron chi connectivity index (χ0n) is 57.1. The van der Waals surface area contributed by atoms with Crippen molar-refractivity contribution in [3.05, 3.63) is 184 Å². The van der Waals surface area contributed by atoms with Gasteiger partial charge in [-0.15, -0.1) is 24.0 Å². The summed E-state index contributed by atoms with van der Waals surface area (Å²) in [7, 11) is -2.48. The normalized spacial score (nSPS) is 13.5. The monoisotopic (exact) mass is 1600 g/mol. The zero-order chi connectivity index (χ0) is 73.2. The van der Waals surface area contributed by atoms with Crippen LogP contribution in [0.5, 0.6) is 0 Å². The number of nitrogens with one attached hydrogen (secondary N) is 3. The number of amides is 2. The summed E-state index contributed by atoms with van der Waals surface area (Å²) in [5.41, 5.74) is 5.40. The van der Waals surface area contributed by atoms with Crippen LogP contribution in [0.4, 0.5) is 25.0 Å². The van der Waals surface area contributed by atoms with Crippen LogP contribution >= 0.6 is 58.8 Å². The van der Waals surface area contributed by atoms with Gasteiger partial charge in [0.1, 0.15) is 45.1 Å². The van der Waals surface area contributed by atoms with E-state index in [0.717, 1.165) is 37.4 Å². The lowest BCUT2D eigenvalue weighted by atomic mass is 9.77. The predicted octanol–water partition coefficient (Wildman–Crippen LogP) is 15.4. The number of sulfonamides is 2. The van der Waals surface area contributed by atoms with Gasteiger partial charge >= 0.3 is 13.2 Å². The summed E-state index contributed by atoms with van der Waals surface area (Å²) in [6, 6.07) is 39.7. The van der Waals surface area contributed by atoms with Gasteiger partial charge in [-0.05, 0) is 163 Å². The maximum Gasteiger partial charge on any atom is 0.497 e. The second-order valence-electron chi connectivity index (χ2n) is 25.5. The fourth-order valence-electron chi connectivity index (χ4n) is 11.1. The smallest absolute Gasteiger partial charge is 0.455 e. The molecule has 0 spiro atoms. The van der Waals surface area contributed by atoms with E-state index >= 15 is 0 Å². The van der Waals surface area contributed by atoms with Crippen molar-refractivity contribution in [2.45, 2.75) is 65.3 Å². The number of benzene rings is 6. The molecule has 1 fully saturated rings. The molecule has 2 amide bonds. The second kappa shape index (κ2) is 29.0. The molecule has 1 saturated heterocycles. The Balaban J connectivity index is 0.000000170. The van der Waals surface area contributed by atoms with Gasteiger partial charge in [0.25, 0.3) is 11.8 Å². The van der Waals surface area contributed by atoms with Crippen molar-refractivity contribution >= 4 is 164 Å². The molecule has 3 N–H and O–H groups in total. The molecule has 31 heteroatoms. The van der Waals surface area contributed by atoms with Crippen molar-refractivity contribution in [2.75, 3.05) is 49.3 Å². The molecule has 0 aliphatic carbocycles. The van der Waals surface area contributed by atoms with Gasteiger partial charge in [-0.3, -0.25) is 18.2 Å². The number of fused-ring (bicyclic) bond motifs is 4. The lowest BCUT2D eigenvalue weighted by Crippen LogP contribution is -2.41. The molecule has 0 atom stereocenters. The van der Waals surface area contributed by atoms with Crippen LogP contribution in [0, 0.1) is 11.6 Å². The van der Waals surface area contributed by atoms with Gasteiger partial charge in [-0.25, -0.2) is 54.9 Å². The first kappa shape index (κ1) is 75.7. The van der Waals surface area contributed by atoms with Crippen LogP contribution in [0.3, 0.4) is 0 Å². The fraction of sp³-hybridized carbons (Fsp3) is 0.225. The van der Waals surface area contributed by atoms with Crippen LogP contribution in [-0.4, -0.2) is 129 Å². The Bertz CT molecular complexity index is 5450. The number of halogens is 6. The van der Waals surface area contributed by atoms with E-state index < -0.39 is 73.5 Å². The van der Waals surface area contributed by atoms with E-state index in [-0.39, 0.29) is 79.2 Å². The molecule has 102 heavy (non-hydrogen) atoms. The van der Waals surface area contributed by atoms with Crippen molar-refractivity contribution in [2.24, 2.45) is 0 Å². The van der Waals surface area contributed by atoms with Crippen molar-refractivity contribution in [1.29, 1.82) is 0 Å². The summed E-state index contributed by atoms with van der Waals surface area (Å²) in [4.78, 5) is 59.0. The SMILES string of the molecule is CC(C)(C)OC(=O)n1c(-c2cc(Cl)nc(Cl)n2)cc2ccccc21.CNC(=O)c1c(-c2ccc(F)cc2)oc2cc(N(C)S(C)(=O)=O)c(-c3cc(-c4cc5ccccc5[nH]4)nc(Cl)n3)cc12.CNC(=O)c1c(-c2ccc(F)cc2)oc2cc(N(C)S(C)(=O)=O)c(B3OC(C)(C)C(C)(C)O3)cc12.I. The number of nitrogens with zero attached hydrogens (tertiary/aromatic N) is 7. The first-order chi connectivity index (χ1) is 47.4. The van der Waals surface area contributed by atoms with Gasteiger partial charge in [-0.2, -0.15) is 0 Å². The third kappa shape index (κ3) is 15.7. The molecular weight excluding hydrogens is 1530 g/mol. The standard InChI is InChI=1S/C30H23ClFN5O4S.C24H28BFN2O6S.C17H15Cl2N3O2.HI/c1-33-29(38)27-20-13-19(22-14-24(36-30(31)35-22)23-12-17-6-4-5-7-21(17)34-23)25(37(2)42(3,39)40)15-26(20)41-28(27)16-8-10-18(32)11-9-16;1-23(2)24(3,4)34-25(33-23)17-12-16-19(13-18(17)28(6)35(7,30)31)32-21(20(16)22(29)27-5)14-8-10-15(26)11-9-14;1-17(2,3)24-16(23)22-12-7-5-4-6-10(12)8-13(22)11-9-14(18)21-15(19)20-11;/h4-15,34H,1-3H3,(H,33,38);8-13H,1-7H3,(H,27,29);4-9H,1-3H3;1H. The minimum Gasteiger partial charge on any atom is -0.455 e. The number of furan rings is 2. The number of H-pyrrole nitrogens is 1. The Morgan fingerprint density at radius 2 is 1.09 bits per heavy atom. The van der Waals surface area contributed by atoms with E-state index in [1.54, 1.807) is 30.3 Å². The van der Waals surface area contributed by atoms with Crippen LogP contribution in [0.1, 0.15) is 69.2 Å². The van der Waals surface area contributed by atoms with Crippen molar-refractivity contribution in [1.82, 2.24) is 40.1 Å². The molecule has 7 heterocycles. The van der Waals surface area contributed by atoms with Crippen LogP contribution in [0.2, 0.25) is 15.7 Å². The highest BCUT2D eigenvalue weighted by Gasteiger charge is 2.53. The lowest BCUT2D eigenvalue weighted by molar-refractivity contribution is 0.00578. The lowest BCUT2D eigenvalue weighted by Gasteiger charge is -2.32. The topological polar surface area (TPSA) is 276 Å². The maximum atomic E-state index is 13.7. The number of aromatic amines is 1. The molecular formula is C71H67BCl3F2IN10O12S2. The van der Waals surface area contributed by atoms with Crippen molar-refractivity contribution in [3.8, 4) is 56.7 Å². The fourth-order valence-corrected chi connectivity index (χ4v) is 12.7. The molecule has 0 bridgehead atoms. The van der Waals surface area contributed by atoms with E-state index in [4.69, 9.17) is 57.7 Å². The number of aromatic nitrogens is 6. The molecule has 12 aromatic rings. The molecule has 6 aromatic carbocycles. The Kier molecular flexibility index (Phi) is 21.5. The Hall–Kier alpha value is -9.01. The van der Waals surface area contributed by atoms with Crippen molar-refractivity contribution in [3.63, 3.8) is 0 Å². The molecule has 13 rings (SSSR count). The van der Waals surface area contributed by atoms with Gasteiger partial charge in [0.15, 0.2) is 0 Å². The highest BCUT2D eigenvalue weighted by Crippen LogP contribution is 2.44. The van der Waals surface area contributed by atoms with Crippen LogP contribution in [0.25, 0.3) is 100 Å². The van der Waals surface area contributed by atoms with E-state index in [1.807, 2.05) is 109 Å². The number of hydrogen-bond acceptors (Lipinski definition) is 16. The predicted molar refractivity (Wildman–Crippen MR) is 406 cm³/mol. The molecule has 530 valence electrons. The molecule has 0 unspecified atom stereocenters. The van der Waals surface area contributed by atoms with E-state index in [9.17, 15) is 40.0 Å². The minimum absolute atomic E-state index is 0. The largest absolute Gasteiger partial charge is 0.497 e. The van der Waals surface area contributed by atoms with Gasteiger partial charge in [-0.1, -0.05) is 48.0 Å². The molecule has 6 aromatic heterocycles. The number of carbonyl (C=O) groups excluding carboxylic acids is 3. The first-order valence-corrected chi connectivity index (χ1v) is 35.8. The summed E-state index contributed by atoms with van der Waals surface area (Å²) in [5.74, 6) is -1.28. The Morgan fingerprint density at radius 3 is 1.61 bits per heavy atom. The van der Waals surface area contributed by atoms with Crippen LogP contribution in [-0.2, 0) is 34.1 Å². The minimum atomic E-state index is -3.74. The van der Waals surface area contributed by atoms with Crippen LogP contribution < -0.4 is 24.7 Å². The first-order valence-electron chi connectivity index (χ1n) is 31.0. The Labute approximate surface area is 618 Å². The number of carbonyl (C=O) groups is 3. The summed E-state index contributed by atoms with van der Waals surface area (Å²) in [5, 5.41) is 8.10. The van der Waals surface area contributed by atoms with E-state index in [0.29, 0.717) is 72.6 Å². The van der Waals surface area contributed by atoms with Crippen LogP contribution in [0.15, 0.2) is 154 Å². The number of ether oxygens (including phenoxy) is 1. The second-order valence-corrected chi connectivity index (χ2v) is 30.6. The molecule has 0 saturated carbocycles. The number of rotatable bonds is 12. The summed E-state index contributed by atoms with van der Waals surface area (Å²) in [6.45, 7) is 13.0. The quantitative estimate of drug-likeness (QED) is 0.0444. The van der Waals surface area contributed by atoms with Gasteiger partial charge in [0.2, 0.25) is 30.6 Å². The number of hydrogen-bond donors (Lipinski definition) is 3. The zero-order valence-corrected chi connectivity index (χ0v) is 63.3. The Morgan fingerprint density at radius 1 is 0.608 bits per heavy atom. The number of anilines is 2. The third-order valence-electron chi connectivity index (χ3n) is 16.9. The number of para-hydroxylation sites is 2. The maximum absolute atomic E-state index is 13.7. The molecule has 1 aliphatic rings. The molecule has 22 nitrogen and oxygen atoms in total. The van der Waals surface area contributed by atoms with E-state index in [1.165, 1.54) is 87.4 Å². The average molecular weight is 1600 g/mol. The van der Waals surface area contributed by atoms with Gasteiger partial charge < -0.3 is 38.5 Å². The van der Waals surface area contributed by atoms with Gasteiger partial charge in [0.05, 0.1) is 80.2 Å². The van der Waals surface area contributed by atoms with Crippen molar-refractivity contribution < 1.29 is 62.9 Å². The summed E-state index contributed by atoms with van der Waals surface area (Å²) >= 11 is 18.3. The highest BCUT2D eigenvalue weighted by molar-refractivity contribution is 14.0. The molecule has 1 aliphatic heterocycles. The third-order valence-corrected chi connectivity index (χ3v) is 19.9.